The summed E-state index contributed by atoms with van der Waals surface area (Å²) in [7, 11) is 0. The van der Waals surface area contributed by atoms with E-state index >= 15 is 0 Å². The number of hydrogen-bond acceptors (Lipinski definition) is 4. The summed E-state index contributed by atoms with van der Waals surface area (Å²) in [6, 6.07) is 12.7. The minimum Gasteiger partial charge on any atom is -0.472 e. The summed E-state index contributed by atoms with van der Waals surface area (Å²) in [6.07, 6.45) is 0.878. The maximum atomic E-state index is 13.1. The van der Waals surface area contributed by atoms with Gasteiger partial charge in [-0.25, -0.2) is 4.39 Å². The van der Waals surface area contributed by atoms with Crippen LogP contribution in [0.25, 0.3) is 0 Å². The quantitative estimate of drug-likeness (QED) is 0.661. The second-order valence-corrected chi connectivity index (χ2v) is 7.42. The lowest BCUT2D eigenvalue weighted by Crippen LogP contribution is -2.51. The van der Waals surface area contributed by atoms with Crippen molar-refractivity contribution >= 4 is 30.5 Å². The Kier molecular flexibility index (Phi) is 10.2. The average molecular weight is 445 g/mol. The molecule has 0 saturated carbocycles. The second kappa shape index (κ2) is 11.6. The van der Waals surface area contributed by atoms with Crippen LogP contribution in [-0.4, -0.2) is 41.5 Å². The van der Waals surface area contributed by atoms with Crippen molar-refractivity contribution in [3.8, 4) is 5.75 Å². The van der Waals surface area contributed by atoms with E-state index in [1.165, 1.54) is 28.9 Å². The number of anilines is 1. The average Bonchev–Trinajstić information content (AvgIpc) is 2.65. The highest BCUT2D eigenvalue weighted by Gasteiger charge is 2.29. The van der Waals surface area contributed by atoms with E-state index in [4.69, 9.17) is 4.74 Å². The third kappa shape index (κ3) is 6.75. The van der Waals surface area contributed by atoms with Crippen molar-refractivity contribution < 1.29 is 14.2 Å². The van der Waals surface area contributed by atoms with E-state index in [0.717, 1.165) is 25.9 Å². The first kappa shape index (κ1) is 25.5. The Labute approximate surface area is 185 Å². The van der Waals surface area contributed by atoms with E-state index < -0.39 is 12.3 Å². The van der Waals surface area contributed by atoms with Crippen LogP contribution < -0.4 is 10.1 Å². The van der Waals surface area contributed by atoms with Gasteiger partial charge in [0.15, 0.2) is 6.23 Å². The van der Waals surface area contributed by atoms with Gasteiger partial charge in [0, 0.05) is 24.8 Å². The molecule has 1 aliphatic heterocycles. The van der Waals surface area contributed by atoms with Gasteiger partial charge in [-0.1, -0.05) is 18.2 Å². The monoisotopic (exact) mass is 444 g/mol. The van der Waals surface area contributed by atoms with Gasteiger partial charge in [0.2, 0.25) is 0 Å². The molecule has 0 bridgehead atoms. The van der Waals surface area contributed by atoms with Gasteiger partial charge in [0.1, 0.15) is 17.7 Å². The Balaban J connectivity index is 0.00000210. The van der Waals surface area contributed by atoms with Crippen molar-refractivity contribution in [2.24, 2.45) is 0 Å². The van der Waals surface area contributed by atoms with Crippen LogP contribution in [0, 0.1) is 19.7 Å². The van der Waals surface area contributed by atoms with Crippen molar-refractivity contribution in [2.45, 2.75) is 52.0 Å². The third-order valence-corrected chi connectivity index (χ3v) is 5.20. The lowest BCUT2D eigenvalue weighted by Gasteiger charge is -2.39. The number of hydrogen-bond donors (Lipinski definition) is 2. The van der Waals surface area contributed by atoms with Gasteiger partial charge >= 0.3 is 0 Å². The highest BCUT2D eigenvalue weighted by Crippen LogP contribution is 2.25. The molecule has 1 aliphatic rings. The van der Waals surface area contributed by atoms with Gasteiger partial charge in [-0.05, 0) is 69.0 Å². The maximum Gasteiger partial charge on any atom is 0.178 e. The van der Waals surface area contributed by atoms with Crippen LogP contribution in [-0.2, 0) is 0 Å². The second-order valence-electron chi connectivity index (χ2n) is 7.42. The van der Waals surface area contributed by atoms with E-state index in [1.54, 1.807) is 19.1 Å². The molecule has 2 aromatic rings. The summed E-state index contributed by atoms with van der Waals surface area (Å²) >= 11 is 0. The van der Waals surface area contributed by atoms with Crippen molar-refractivity contribution in [3.63, 3.8) is 0 Å². The number of aryl methyl sites for hydroxylation is 2. The first-order valence-corrected chi connectivity index (χ1v) is 9.61. The summed E-state index contributed by atoms with van der Waals surface area (Å²) in [4.78, 5) is 2.16. The number of para-hydroxylation sites is 1. The molecule has 0 spiro atoms. The Morgan fingerprint density at radius 3 is 2.10 bits per heavy atom. The number of nitrogens with zero attached hydrogens (tertiary/aromatic N) is 1. The largest absolute Gasteiger partial charge is 0.472 e. The number of aliphatic hydroxyl groups is 1. The molecule has 3 rings (SSSR count). The van der Waals surface area contributed by atoms with Gasteiger partial charge in [-0.3, -0.25) is 4.90 Å². The predicted octanol–water partition coefficient (Wildman–Crippen LogP) is 4.95. The highest BCUT2D eigenvalue weighted by atomic mass is 35.5. The standard InChI is InChI=1S/C22H29FN2O2.2ClH/c1-15-5-4-6-16(2)21(15)24-19-11-13-25(14-12-19)22(17(3)26)27-20-9-7-18(23)8-10-20;;/h4-10,17,19,22,24,26H,11-14H2,1-3H3;2*1H. The molecule has 4 nitrogen and oxygen atoms in total. The van der Waals surface area contributed by atoms with Crippen LogP contribution in [0.1, 0.15) is 30.9 Å². The van der Waals surface area contributed by atoms with E-state index in [-0.39, 0.29) is 30.6 Å². The molecule has 1 saturated heterocycles. The topological polar surface area (TPSA) is 44.7 Å². The normalized spacial score (nSPS) is 16.9. The molecular formula is C22H31Cl2FN2O2. The summed E-state index contributed by atoms with van der Waals surface area (Å²) in [5, 5.41) is 13.9. The molecule has 2 atom stereocenters. The molecule has 0 amide bonds. The first-order valence-electron chi connectivity index (χ1n) is 9.61. The summed E-state index contributed by atoms with van der Waals surface area (Å²) in [6.45, 7) is 7.66. The lowest BCUT2D eigenvalue weighted by molar-refractivity contribution is -0.0662. The van der Waals surface area contributed by atoms with Crippen molar-refractivity contribution in [1.29, 1.82) is 0 Å². The number of piperidine rings is 1. The van der Waals surface area contributed by atoms with E-state index in [9.17, 15) is 9.50 Å². The Hall–Kier alpha value is -1.53. The predicted molar refractivity (Wildman–Crippen MR) is 121 cm³/mol. The van der Waals surface area contributed by atoms with Crippen molar-refractivity contribution in [1.82, 2.24) is 4.90 Å². The molecule has 2 unspecified atom stereocenters. The first-order chi connectivity index (χ1) is 12.9. The molecule has 0 radical (unpaired) electrons. The number of nitrogens with one attached hydrogen (secondary N) is 1. The molecule has 2 N–H and O–H groups in total. The molecule has 2 aromatic carbocycles. The van der Waals surface area contributed by atoms with Crippen molar-refractivity contribution in [2.75, 3.05) is 18.4 Å². The van der Waals surface area contributed by atoms with Crippen LogP contribution in [0.4, 0.5) is 10.1 Å². The van der Waals surface area contributed by atoms with E-state index in [2.05, 4.69) is 42.3 Å². The van der Waals surface area contributed by atoms with Crippen LogP contribution in [0.2, 0.25) is 0 Å². The Bertz CT molecular complexity index is 731. The number of halogens is 3. The van der Waals surface area contributed by atoms with Crippen LogP contribution in [0.15, 0.2) is 42.5 Å². The van der Waals surface area contributed by atoms with E-state index in [0.29, 0.717) is 11.8 Å². The molecule has 162 valence electrons. The molecular weight excluding hydrogens is 414 g/mol. The van der Waals surface area contributed by atoms with Gasteiger partial charge in [-0.15, -0.1) is 24.8 Å². The minimum absolute atomic E-state index is 0. The van der Waals surface area contributed by atoms with Crippen LogP contribution in [0.5, 0.6) is 5.75 Å². The fraction of sp³-hybridized carbons (Fsp3) is 0.455. The molecule has 7 heteroatoms. The fourth-order valence-corrected chi connectivity index (χ4v) is 3.68. The SMILES string of the molecule is Cc1cccc(C)c1NC1CCN(C(Oc2ccc(F)cc2)C(C)O)CC1.Cl.Cl. The minimum atomic E-state index is -0.641. The van der Waals surface area contributed by atoms with Gasteiger partial charge in [-0.2, -0.15) is 0 Å². The van der Waals surface area contributed by atoms with Gasteiger partial charge < -0.3 is 15.2 Å². The summed E-state index contributed by atoms with van der Waals surface area (Å²) in [5.41, 5.74) is 3.75. The van der Waals surface area contributed by atoms with Gasteiger partial charge in [0.05, 0.1) is 0 Å². The third-order valence-electron chi connectivity index (χ3n) is 5.20. The smallest absolute Gasteiger partial charge is 0.178 e. The highest BCUT2D eigenvalue weighted by molar-refractivity contribution is 5.85. The number of ether oxygens (including phenoxy) is 1. The Morgan fingerprint density at radius 1 is 1.03 bits per heavy atom. The molecule has 1 heterocycles. The number of rotatable bonds is 6. The molecule has 29 heavy (non-hydrogen) atoms. The number of aliphatic hydroxyl groups excluding tert-OH is 1. The van der Waals surface area contributed by atoms with E-state index in [1.807, 2.05) is 0 Å². The van der Waals surface area contributed by atoms with Crippen LogP contribution in [0.3, 0.4) is 0 Å². The number of benzene rings is 2. The van der Waals surface area contributed by atoms with Crippen LogP contribution >= 0.6 is 24.8 Å². The molecule has 0 aromatic heterocycles. The lowest BCUT2D eigenvalue weighted by atomic mass is 10.0. The fourth-order valence-electron chi connectivity index (χ4n) is 3.68. The van der Waals surface area contributed by atoms with Crippen molar-refractivity contribution in [3.05, 3.63) is 59.4 Å². The molecule has 0 aliphatic carbocycles. The zero-order valence-corrected chi connectivity index (χ0v) is 18.7. The maximum absolute atomic E-state index is 13.1. The van der Waals surface area contributed by atoms with Gasteiger partial charge in [0.25, 0.3) is 0 Å². The summed E-state index contributed by atoms with van der Waals surface area (Å²) < 4.78 is 19.0. The number of likely N-dealkylation sites (tertiary alicyclic amines) is 1. The molecule has 1 fully saturated rings. The Morgan fingerprint density at radius 2 is 1.59 bits per heavy atom. The summed E-state index contributed by atoms with van der Waals surface area (Å²) in [5.74, 6) is 0.271. The zero-order valence-electron chi connectivity index (χ0n) is 17.1. The zero-order chi connectivity index (χ0) is 19.4.